The molecule has 7 heteroatoms. The van der Waals surface area contributed by atoms with Crippen LogP contribution in [0.1, 0.15) is 19.3 Å². The lowest BCUT2D eigenvalue weighted by molar-refractivity contribution is 0.346. The number of rotatable bonds is 4. The maximum atomic E-state index is 12.4. The van der Waals surface area contributed by atoms with Gasteiger partial charge in [-0.2, -0.15) is 4.31 Å². The normalized spacial score (nSPS) is 18.1. The van der Waals surface area contributed by atoms with E-state index in [1.165, 1.54) is 0 Å². The summed E-state index contributed by atoms with van der Waals surface area (Å²) >= 11 is 5.55. The van der Waals surface area contributed by atoms with Crippen LogP contribution < -0.4 is 5.73 Å². The molecule has 0 aliphatic carbocycles. The third kappa shape index (κ3) is 3.50. The van der Waals surface area contributed by atoms with E-state index in [-0.39, 0.29) is 5.88 Å². The van der Waals surface area contributed by atoms with Crippen LogP contribution in [0.15, 0.2) is 34.2 Å². The van der Waals surface area contributed by atoms with Crippen LogP contribution in [0, 0.1) is 0 Å². The Labute approximate surface area is 124 Å². The first kappa shape index (κ1) is 15.3. The van der Waals surface area contributed by atoms with Gasteiger partial charge in [0, 0.05) is 13.1 Å². The zero-order valence-corrected chi connectivity index (χ0v) is 12.7. The molecule has 1 heterocycles. The predicted molar refractivity (Wildman–Crippen MR) is 81.1 cm³/mol. The maximum absolute atomic E-state index is 12.4. The Kier molecular flexibility index (Phi) is 5.01. The number of alkyl halides is 1. The van der Waals surface area contributed by atoms with Gasteiger partial charge in [0.15, 0.2) is 0 Å². The van der Waals surface area contributed by atoms with Gasteiger partial charge in [0.05, 0.1) is 16.5 Å². The molecule has 2 N–H and O–H groups in total. The molecule has 0 amide bonds. The van der Waals surface area contributed by atoms with Crippen molar-refractivity contribution in [1.29, 1.82) is 0 Å². The minimum absolute atomic E-state index is 0.147. The summed E-state index contributed by atoms with van der Waals surface area (Å²) in [6.45, 7) is 1.20. The molecule has 0 aromatic heterocycles. The van der Waals surface area contributed by atoms with Crippen LogP contribution in [0.3, 0.4) is 0 Å². The highest BCUT2D eigenvalue weighted by molar-refractivity contribution is 7.89. The monoisotopic (exact) mass is 315 g/mol. The number of halogens is 1. The summed E-state index contributed by atoms with van der Waals surface area (Å²) in [5.41, 5.74) is 6.14. The van der Waals surface area contributed by atoms with Crippen molar-refractivity contribution in [3.05, 3.63) is 24.3 Å². The molecule has 1 aliphatic rings. The number of aliphatic imine (C=N–C) groups is 1. The third-order valence-corrected chi connectivity index (χ3v) is 5.39. The summed E-state index contributed by atoms with van der Waals surface area (Å²) in [6, 6.07) is 6.39. The summed E-state index contributed by atoms with van der Waals surface area (Å²) < 4.78 is 26.4. The lowest BCUT2D eigenvalue weighted by atomic mass is 10.2. The number of nitrogens with two attached hydrogens (primary N) is 1. The smallest absolute Gasteiger partial charge is 0.243 e. The second kappa shape index (κ2) is 6.56. The number of sulfonamides is 1. The first-order valence-corrected chi connectivity index (χ1v) is 8.51. The summed E-state index contributed by atoms with van der Waals surface area (Å²) in [5, 5.41) is 0. The van der Waals surface area contributed by atoms with E-state index in [9.17, 15) is 8.42 Å². The van der Waals surface area contributed by atoms with Gasteiger partial charge in [0.2, 0.25) is 10.0 Å². The minimum atomic E-state index is -3.39. The summed E-state index contributed by atoms with van der Waals surface area (Å²) in [7, 11) is -3.39. The van der Waals surface area contributed by atoms with Crippen molar-refractivity contribution in [2.45, 2.75) is 24.2 Å². The van der Waals surface area contributed by atoms with Crippen LogP contribution in [0.2, 0.25) is 0 Å². The van der Waals surface area contributed by atoms with Crippen molar-refractivity contribution in [2.75, 3.05) is 19.0 Å². The minimum Gasteiger partial charge on any atom is -0.386 e. The molecular weight excluding hydrogens is 298 g/mol. The molecule has 5 nitrogen and oxygen atoms in total. The Morgan fingerprint density at radius 1 is 1.20 bits per heavy atom. The highest BCUT2D eigenvalue weighted by atomic mass is 35.5. The first-order chi connectivity index (χ1) is 9.54. The molecule has 0 unspecified atom stereocenters. The molecule has 0 radical (unpaired) electrons. The molecule has 110 valence electrons. The van der Waals surface area contributed by atoms with E-state index in [4.69, 9.17) is 17.3 Å². The van der Waals surface area contributed by atoms with Gasteiger partial charge < -0.3 is 5.73 Å². The van der Waals surface area contributed by atoms with Gasteiger partial charge in [-0.15, -0.1) is 11.6 Å². The van der Waals surface area contributed by atoms with E-state index in [2.05, 4.69) is 4.99 Å². The van der Waals surface area contributed by atoms with Gasteiger partial charge in [-0.1, -0.05) is 6.42 Å². The Balaban J connectivity index is 2.20. The van der Waals surface area contributed by atoms with Gasteiger partial charge in [0.25, 0.3) is 0 Å². The van der Waals surface area contributed by atoms with E-state index in [0.717, 1.165) is 19.3 Å². The standard InChI is InChI=1S/C13H18ClN3O2S/c14-10-13(15)16-11-4-6-12(7-5-11)20(18,19)17-8-2-1-3-9-17/h4-7H,1-3,8-10H2,(H2,15,16). The van der Waals surface area contributed by atoms with E-state index in [1.54, 1.807) is 28.6 Å². The van der Waals surface area contributed by atoms with Crippen molar-refractivity contribution in [3.8, 4) is 0 Å². The number of nitrogens with zero attached hydrogens (tertiary/aromatic N) is 2. The predicted octanol–water partition coefficient (Wildman–Crippen LogP) is 2.09. The van der Waals surface area contributed by atoms with Gasteiger partial charge in [-0.05, 0) is 37.1 Å². The zero-order chi connectivity index (χ0) is 14.6. The van der Waals surface area contributed by atoms with Crippen LogP contribution in [0.4, 0.5) is 5.69 Å². The molecule has 1 aliphatic heterocycles. The maximum Gasteiger partial charge on any atom is 0.243 e. The molecule has 1 aromatic carbocycles. The van der Waals surface area contributed by atoms with Crippen LogP contribution in [0.5, 0.6) is 0 Å². The average molecular weight is 316 g/mol. The van der Waals surface area contributed by atoms with Gasteiger partial charge >= 0.3 is 0 Å². The molecule has 0 bridgehead atoms. The molecular formula is C13H18ClN3O2S. The molecule has 20 heavy (non-hydrogen) atoms. The molecule has 2 rings (SSSR count). The number of benzene rings is 1. The largest absolute Gasteiger partial charge is 0.386 e. The molecule has 1 saturated heterocycles. The van der Waals surface area contributed by atoms with Gasteiger partial charge in [-0.25, -0.2) is 13.4 Å². The second-order valence-corrected chi connectivity index (χ2v) is 6.90. The number of hydrogen-bond donors (Lipinski definition) is 1. The molecule has 1 aromatic rings. The lowest BCUT2D eigenvalue weighted by Gasteiger charge is -2.25. The Morgan fingerprint density at radius 3 is 2.35 bits per heavy atom. The molecule has 1 fully saturated rings. The van der Waals surface area contributed by atoms with E-state index in [0.29, 0.717) is 29.5 Å². The van der Waals surface area contributed by atoms with Crippen molar-refractivity contribution < 1.29 is 8.42 Å². The van der Waals surface area contributed by atoms with Crippen LogP contribution in [0.25, 0.3) is 0 Å². The lowest BCUT2D eigenvalue weighted by Crippen LogP contribution is -2.35. The molecule has 0 saturated carbocycles. The quantitative estimate of drug-likeness (QED) is 0.525. The fourth-order valence-corrected chi connectivity index (χ4v) is 3.72. The van der Waals surface area contributed by atoms with Gasteiger partial charge in [0.1, 0.15) is 5.84 Å². The first-order valence-electron chi connectivity index (χ1n) is 6.53. The zero-order valence-electron chi connectivity index (χ0n) is 11.1. The Hall–Kier alpha value is -1.11. The fraction of sp³-hybridized carbons (Fsp3) is 0.462. The fourth-order valence-electron chi connectivity index (χ4n) is 2.14. The Bertz CT molecular complexity index is 578. The highest BCUT2D eigenvalue weighted by Gasteiger charge is 2.25. The third-order valence-electron chi connectivity index (χ3n) is 3.20. The topological polar surface area (TPSA) is 75.8 Å². The van der Waals surface area contributed by atoms with Crippen molar-refractivity contribution in [1.82, 2.24) is 4.31 Å². The van der Waals surface area contributed by atoms with Gasteiger partial charge in [-0.3, -0.25) is 0 Å². The summed E-state index contributed by atoms with van der Waals surface area (Å²) in [6.07, 6.45) is 2.94. The molecule has 0 spiro atoms. The number of piperidine rings is 1. The average Bonchev–Trinajstić information content (AvgIpc) is 2.48. The van der Waals surface area contributed by atoms with Crippen molar-refractivity contribution >= 4 is 33.1 Å². The van der Waals surface area contributed by atoms with E-state index < -0.39 is 10.0 Å². The summed E-state index contributed by atoms with van der Waals surface area (Å²) in [5.74, 6) is 0.451. The van der Waals surface area contributed by atoms with Crippen LogP contribution in [-0.4, -0.2) is 37.5 Å². The van der Waals surface area contributed by atoms with Crippen molar-refractivity contribution in [2.24, 2.45) is 10.7 Å². The number of hydrogen-bond acceptors (Lipinski definition) is 3. The second-order valence-electron chi connectivity index (χ2n) is 4.70. The Morgan fingerprint density at radius 2 is 1.80 bits per heavy atom. The summed E-state index contributed by atoms with van der Waals surface area (Å²) in [4.78, 5) is 4.36. The SMILES string of the molecule is NC(CCl)=Nc1ccc(S(=O)(=O)N2CCCCC2)cc1. The van der Waals surface area contributed by atoms with Crippen LogP contribution in [-0.2, 0) is 10.0 Å². The van der Waals surface area contributed by atoms with E-state index >= 15 is 0 Å². The molecule has 0 atom stereocenters. The number of amidine groups is 1. The highest BCUT2D eigenvalue weighted by Crippen LogP contribution is 2.22. The van der Waals surface area contributed by atoms with E-state index in [1.807, 2.05) is 0 Å². The van der Waals surface area contributed by atoms with Crippen molar-refractivity contribution in [3.63, 3.8) is 0 Å². The van der Waals surface area contributed by atoms with Crippen LogP contribution >= 0.6 is 11.6 Å².